The molecule has 74 valence electrons. The van der Waals surface area contributed by atoms with Crippen LogP contribution in [0.3, 0.4) is 0 Å². The van der Waals surface area contributed by atoms with Crippen molar-refractivity contribution in [1.82, 2.24) is 20.2 Å². The third-order valence-corrected chi connectivity index (χ3v) is 2.11. The molecule has 0 fully saturated rings. The number of aliphatic hydroxyl groups is 1. The molecule has 2 unspecified atom stereocenters. The molecule has 0 aliphatic rings. The molecule has 13 heavy (non-hydrogen) atoms. The van der Waals surface area contributed by atoms with E-state index in [0.717, 1.165) is 0 Å². The Balaban J connectivity index is 2.92. The monoisotopic (exact) mass is 186 g/mol. The van der Waals surface area contributed by atoms with Gasteiger partial charge in [-0.3, -0.25) is 0 Å². The fraction of sp³-hybridized carbons (Fsp3) is 0.857. The maximum absolute atomic E-state index is 9.96. The molecule has 1 N–H and O–H groups in total. The van der Waals surface area contributed by atoms with E-state index in [0.29, 0.717) is 0 Å². The van der Waals surface area contributed by atoms with Gasteiger partial charge in [0.15, 0.2) is 5.60 Å². The van der Waals surface area contributed by atoms with Gasteiger partial charge in [0.2, 0.25) is 5.82 Å². The molecule has 0 saturated carbocycles. The zero-order valence-corrected chi connectivity index (χ0v) is 8.22. The summed E-state index contributed by atoms with van der Waals surface area (Å²) >= 11 is 0. The van der Waals surface area contributed by atoms with Crippen LogP contribution < -0.4 is 0 Å². The number of hydrogen-bond donors (Lipinski definition) is 1. The van der Waals surface area contributed by atoms with Gasteiger partial charge < -0.3 is 9.84 Å². The lowest BCUT2D eigenvalue weighted by atomic mass is 10.00. The lowest BCUT2D eigenvalue weighted by molar-refractivity contribution is -0.0827. The molecule has 0 aliphatic heterocycles. The first-order chi connectivity index (χ1) is 5.98. The number of rotatable bonds is 3. The molecular formula is C7H14N4O2. The highest BCUT2D eigenvalue weighted by Gasteiger charge is 2.35. The lowest BCUT2D eigenvalue weighted by Gasteiger charge is -2.25. The van der Waals surface area contributed by atoms with Gasteiger partial charge in [-0.2, -0.15) is 4.80 Å². The van der Waals surface area contributed by atoms with Crippen LogP contribution >= 0.6 is 0 Å². The van der Waals surface area contributed by atoms with E-state index in [-0.39, 0.29) is 11.9 Å². The molecule has 0 bridgehead atoms. The minimum absolute atomic E-state index is 0.268. The van der Waals surface area contributed by atoms with Gasteiger partial charge in [0, 0.05) is 7.11 Å². The van der Waals surface area contributed by atoms with Crippen LogP contribution in [0, 0.1) is 0 Å². The molecule has 1 aromatic rings. The van der Waals surface area contributed by atoms with Crippen molar-refractivity contribution in [3.05, 3.63) is 5.82 Å². The van der Waals surface area contributed by atoms with Gasteiger partial charge >= 0.3 is 0 Å². The summed E-state index contributed by atoms with van der Waals surface area (Å²) in [5.74, 6) is 0.268. The van der Waals surface area contributed by atoms with Crippen molar-refractivity contribution < 1.29 is 9.84 Å². The third kappa shape index (κ3) is 1.84. The third-order valence-electron chi connectivity index (χ3n) is 2.11. The standard InChI is InChI=1S/C7H14N4O2/c1-5(13-4)7(2,12)6-8-10-11(3)9-6/h5,12H,1-4H3. The summed E-state index contributed by atoms with van der Waals surface area (Å²) in [5, 5.41) is 21.2. The predicted molar refractivity (Wildman–Crippen MR) is 44.8 cm³/mol. The normalized spacial score (nSPS) is 18.2. The second kappa shape index (κ2) is 3.39. The summed E-state index contributed by atoms with van der Waals surface area (Å²) < 4.78 is 5.01. The van der Waals surface area contributed by atoms with E-state index < -0.39 is 5.60 Å². The fourth-order valence-corrected chi connectivity index (χ4v) is 0.898. The second-order valence-electron chi connectivity index (χ2n) is 3.13. The number of nitrogens with zero attached hydrogens (tertiary/aromatic N) is 4. The Kier molecular flexibility index (Phi) is 2.63. The van der Waals surface area contributed by atoms with Gasteiger partial charge in [0.1, 0.15) is 0 Å². The maximum atomic E-state index is 9.96. The van der Waals surface area contributed by atoms with E-state index in [1.54, 1.807) is 20.9 Å². The number of aromatic nitrogens is 4. The Bertz CT molecular complexity index is 284. The van der Waals surface area contributed by atoms with Gasteiger partial charge in [-0.05, 0) is 19.1 Å². The van der Waals surface area contributed by atoms with Gasteiger partial charge in [-0.15, -0.1) is 10.2 Å². The second-order valence-corrected chi connectivity index (χ2v) is 3.13. The van der Waals surface area contributed by atoms with Crippen molar-refractivity contribution in [3.8, 4) is 0 Å². The first-order valence-electron chi connectivity index (χ1n) is 3.98. The van der Waals surface area contributed by atoms with Crippen LogP contribution in [-0.4, -0.2) is 38.5 Å². The Morgan fingerprint density at radius 3 is 2.62 bits per heavy atom. The van der Waals surface area contributed by atoms with Crippen molar-refractivity contribution in [1.29, 1.82) is 0 Å². The van der Waals surface area contributed by atoms with Gasteiger partial charge in [0.25, 0.3) is 0 Å². The average molecular weight is 186 g/mol. The average Bonchev–Trinajstić information content (AvgIpc) is 2.50. The number of tetrazole rings is 1. The molecule has 1 heterocycles. The van der Waals surface area contributed by atoms with Crippen LogP contribution in [0.2, 0.25) is 0 Å². The van der Waals surface area contributed by atoms with E-state index >= 15 is 0 Å². The van der Waals surface area contributed by atoms with E-state index in [4.69, 9.17) is 4.74 Å². The Morgan fingerprint density at radius 1 is 1.62 bits per heavy atom. The molecule has 0 radical (unpaired) electrons. The van der Waals surface area contributed by atoms with Crippen LogP contribution in [0.15, 0.2) is 0 Å². The van der Waals surface area contributed by atoms with E-state index in [9.17, 15) is 5.11 Å². The SMILES string of the molecule is COC(C)C(C)(O)c1nnn(C)n1. The fourth-order valence-electron chi connectivity index (χ4n) is 0.898. The zero-order valence-electron chi connectivity index (χ0n) is 8.22. The molecule has 0 spiro atoms. The Hall–Kier alpha value is -1.01. The first-order valence-corrected chi connectivity index (χ1v) is 3.98. The van der Waals surface area contributed by atoms with Crippen LogP contribution in [0.5, 0.6) is 0 Å². The highest BCUT2D eigenvalue weighted by molar-refractivity contribution is 4.98. The molecular weight excluding hydrogens is 172 g/mol. The maximum Gasteiger partial charge on any atom is 0.208 e. The highest BCUT2D eigenvalue weighted by atomic mass is 16.5. The topological polar surface area (TPSA) is 73.1 Å². The smallest absolute Gasteiger partial charge is 0.208 e. The van der Waals surface area contributed by atoms with Crippen LogP contribution in [0.25, 0.3) is 0 Å². The number of hydrogen-bond acceptors (Lipinski definition) is 5. The lowest BCUT2D eigenvalue weighted by Crippen LogP contribution is -2.37. The van der Waals surface area contributed by atoms with Crippen molar-refractivity contribution in [2.75, 3.05) is 7.11 Å². The van der Waals surface area contributed by atoms with Crippen molar-refractivity contribution in [3.63, 3.8) is 0 Å². The molecule has 0 saturated heterocycles. The predicted octanol–water partition coefficient (Wildman–Crippen LogP) is -0.548. The van der Waals surface area contributed by atoms with Crippen LogP contribution in [0.1, 0.15) is 19.7 Å². The zero-order chi connectivity index (χ0) is 10.1. The van der Waals surface area contributed by atoms with Crippen molar-refractivity contribution in [2.24, 2.45) is 7.05 Å². The van der Waals surface area contributed by atoms with Gasteiger partial charge in [0.05, 0.1) is 13.2 Å². The molecule has 0 aromatic carbocycles. The summed E-state index contributed by atoms with van der Waals surface area (Å²) in [4.78, 5) is 1.30. The molecule has 1 rings (SSSR count). The van der Waals surface area contributed by atoms with Gasteiger partial charge in [-0.1, -0.05) is 0 Å². The van der Waals surface area contributed by atoms with E-state index in [1.165, 1.54) is 11.9 Å². The van der Waals surface area contributed by atoms with Crippen molar-refractivity contribution in [2.45, 2.75) is 25.6 Å². The van der Waals surface area contributed by atoms with Crippen molar-refractivity contribution >= 4 is 0 Å². The highest BCUT2D eigenvalue weighted by Crippen LogP contribution is 2.21. The van der Waals surface area contributed by atoms with E-state index in [1.807, 2.05) is 0 Å². The number of ether oxygens (including phenoxy) is 1. The molecule has 0 aliphatic carbocycles. The van der Waals surface area contributed by atoms with Crippen LogP contribution in [0.4, 0.5) is 0 Å². The summed E-state index contributed by atoms with van der Waals surface area (Å²) in [6, 6.07) is 0. The summed E-state index contributed by atoms with van der Waals surface area (Å²) in [7, 11) is 3.17. The quantitative estimate of drug-likeness (QED) is 0.685. The molecule has 6 heteroatoms. The van der Waals surface area contributed by atoms with Crippen LogP contribution in [-0.2, 0) is 17.4 Å². The summed E-state index contributed by atoms with van der Waals surface area (Å²) in [5.41, 5.74) is -1.21. The Labute approximate surface area is 76.5 Å². The minimum Gasteiger partial charge on any atom is -0.379 e. The Morgan fingerprint density at radius 2 is 2.23 bits per heavy atom. The number of aryl methyl sites for hydroxylation is 1. The molecule has 2 atom stereocenters. The largest absolute Gasteiger partial charge is 0.379 e. The summed E-state index contributed by atoms with van der Waals surface area (Å²) in [6.07, 6.45) is -0.378. The molecule has 1 aromatic heterocycles. The summed E-state index contributed by atoms with van der Waals surface area (Å²) in [6.45, 7) is 3.34. The molecule has 6 nitrogen and oxygen atoms in total. The molecule has 0 amide bonds. The first kappa shape index (κ1) is 10.1. The van der Waals surface area contributed by atoms with E-state index in [2.05, 4.69) is 15.4 Å². The number of methoxy groups -OCH3 is 1. The van der Waals surface area contributed by atoms with Gasteiger partial charge in [-0.25, -0.2) is 0 Å². The minimum atomic E-state index is -1.21.